The average molecular weight is 228 g/mol. The minimum atomic E-state index is -0.301. The lowest BCUT2D eigenvalue weighted by atomic mass is 10.00. The van der Waals surface area contributed by atoms with Crippen LogP contribution in [0.5, 0.6) is 0 Å². The van der Waals surface area contributed by atoms with Gasteiger partial charge in [-0.25, -0.2) is 0 Å². The van der Waals surface area contributed by atoms with Crippen molar-refractivity contribution >= 4 is 16.9 Å². The Hall–Kier alpha value is -0.540. The Balaban J connectivity index is 4.31. The van der Waals surface area contributed by atoms with E-state index in [-0.39, 0.29) is 17.1 Å². The molecule has 2 nitrogen and oxygen atoms in total. The highest BCUT2D eigenvalue weighted by Gasteiger charge is 2.08. The summed E-state index contributed by atoms with van der Waals surface area (Å²) in [5.41, 5.74) is 1.01. The second kappa shape index (κ2) is 7.71. The number of thioether (sulfide) groups is 1. The van der Waals surface area contributed by atoms with Gasteiger partial charge in [-0.1, -0.05) is 43.3 Å². The van der Waals surface area contributed by atoms with Gasteiger partial charge in [0, 0.05) is 5.92 Å². The van der Waals surface area contributed by atoms with E-state index in [1.54, 1.807) is 18.4 Å². The number of aliphatic hydroxyl groups is 1. The maximum atomic E-state index is 11.0. The Morgan fingerprint density at radius 2 is 2.07 bits per heavy atom. The minimum absolute atomic E-state index is 0.0476. The van der Waals surface area contributed by atoms with Crippen LogP contribution in [0.1, 0.15) is 27.2 Å². The van der Waals surface area contributed by atoms with Crippen molar-refractivity contribution in [2.24, 2.45) is 5.92 Å². The Kier molecular flexibility index (Phi) is 7.44. The fourth-order valence-corrected chi connectivity index (χ4v) is 1.42. The molecule has 15 heavy (non-hydrogen) atoms. The first-order valence-electron chi connectivity index (χ1n) is 5.13. The standard InChI is InChI=1S/C12H20O2S/c1-5-11(13)10(3)8-9(2)6-7-12(14)15-4/h6-8,10-11,13H,5H2,1-4H3/b7-6+,9-8+/t10-,11+/m0/s1. The van der Waals surface area contributed by atoms with Crippen LogP contribution < -0.4 is 0 Å². The van der Waals surface area contributed by atoms with Crippen LogP contribution in [-0.2, 0) is 4.79 Å². The van der Waals surface area contributed by atoms with Crippen LogP contribution in [-0.4, -0.2) is 22.6 Å². The molecule has 0 heterocycles. The van der Waals surface area contributed by atoms with Gasteiger partial charge in [0.15, 0.2) is 0 Å². The Morgan fingerprint density at radius 3 is 2.53 bits per heavy atom. The largest absolute Gasteiger partial charge is 0.393 e. The van der Waals surface area contributed by atoms with Crippen molar-refractivity contribution in [3.05, 3.63) is 23.8 Å². The molecule has 3 heteroatoms. The summed E-state index contributed by atoms with van der Waals surface area (Å²) in [6, 6.07) is 0. The summed E-state index contributed by atoms with van der Waals surface area (Å²) in [6.07, 6.45) is 7.54. The highest BCUT2D eigenvalue weighted by Crippen LogP contribution is 2.11. The number of carbonyl (C=O) groups excluding carboxylic acids is 1. The number of hydrogen-bond donors (Lipinski definition) is 1. The second-order valence-corrected chi connectivity index (χ2v) is 4.41. The normalized spacial score (nSPS) is 16.7. The molecule has 0 radical (unpaired) electrons. The lowest BCUT2D eigenvalue weighted by molar-refractivity contribution is -0.107. The molecular formula is C12H20O2S. The summed E-state index contributed by atoms with van der Waals surface area (Å²) < 4.78 is 0. The van der Waals surface area contributed by atoms with Gasteiger partial charge in [0.2, 0.25) is 5.12 Å². The van der Waals surface area contributed by atoms with E-state index in [9.17, 15) is 9.90 Å². The fraction of sp³-hybridized carbons (Fsp3) is 0.583. The molecule has 2 atom stereocenters. The quantitative estimate of drug-likeness (QED) is 0.581. The predicted molar refractivity (Wildman–Crippen MR) is 66.9 cm³/mol. The summed E-state index contributed by atoms with van der Waals surface area (Å²) in [6.45, 7) is 5.86. The summed E-state index contributed by atoms with van der Waals surface area (Å²) in [4.78, 5) is 11.0. The van der Waals surface area contributed by atoms with Crippen LogP contribution in [0.15, 0.2) is 23.8 Å². The number of rotatable bonds is 5. The summed E-state index contributed by atoms with van der Waals surface area (Å²) >= 11 is 1.19. The van der Waals surface area contributed by atoms with Gasteiger partial charge in [-0.2, -0.15) is 0 Å². The zero-order valence-electron chi connectivity index (χ0n) is 9.86. The van der Waals surface area contributed by atoms with Gasteiger partial charge in [-0.05, 0) is 25.7 Å². The van der Waals surface area contributed by atoms with E-state index in [1.807, 2.05) is 26.8 Å². The minimum Gasteiger partial charge on any atom is -0.393 e. The van der Waals surface area contributed by atoms with Crippen LogP contribution in [0.4, 0.5) is 0 Å². The molecule has 0 saturated carbocycles. The third-order valence-electron chi connectivity index (χ3n) is 2.23. The van der Waals surface area contributed by atoms with Gasteiger partial charge < -0.3 is 5.11 Å². The van der Waals surface area contributed by atoms with Gasteiger partial charge in [-0.3, -0.25) is 4.79 Å². The van der Waals surface area contributed by atoms with E-state index in [4.69, 9.17) is 0 Å². The highest BCUT2D eigenvalue weighted by molar-refractivity contribution is 8.13. The SMILES string of the molecule is CC[C@@H](O)[C@@H](C)/C=C(C)/C=C/C(=O)SC. The average Bonchev–Trinajstić information content (AvgIpc) is 2.24. The molecule has 0 unspecified atom stereocenters. The van der Waals surface area contributed by atoms with Crippen molar-refractivity contribution in [2.45, 2.75) is 33.3 Å². The molecular weight excluding hydrogens is 208 g/mol. The van der Waals surface area contributed by atoms with Crippen molar-refractivity contribution in [3.8, 4) is 0 Å². The fourth-order valence-electron chi connectivity index (χ4n) is 1.22. The number of aliphatic hydroxyl groups excluding tert-OH is 1. The van der Waals surface area contributed by atoms with Crippen molar-refractivity contribution in [2.75, 3.05) is 6.26 Å². The van der Waals surface area contributed by atoms with Gasteiger partial charge in [0.1, 0.15) is 0 Å². The van der Waals surface area contributed by atoms with Crippen LogP contribution in [0, 0.1) is 5.92 Å². The highest BCUT2D eigenvalue weighted by atomic mass is 32.2. The molecule has 0 aromatic heterocycles. The third-order valence-corrected chi connectivity index (χ3v) is 2.77. The molecule has 0 aliphatic carbocycles. The molecule has 0 rings (SSSR count). The zero-order chi connectivity index (χ0) is 11.8. The number of allylic oxidation sites excluding steroid dienone is 2. The Morgan fingerprint density at radius 1 is 1.47 bits per heavy atom. The molecule has 0 aromatic rings. The van der Waals surface area contributed by atoms with Gasteiger partial charge in [-0.15, -0.1) is 0 Å². The Labute approximate surface area is 96.5 Å². The van der Waals surface area contributed by atoms with E-state index in [0.717, 1.165) is 12.0 Å². The molecule has 0 aromatic carbocycles. The first-order valence-corrected chi connectivity index (χ1v) is 6.36. The van der Waals surface area contributed by atoms with E-state index >= 15 is 0 Å². The van der Waals surface area contributed by atoms with E-state index in [0.29, 0.717) is 0 Å². The zero-order valence-corrected chi connectivity index (χ0v) is 10.7. The van der Waals surface area contributed by atoms with Crippen molar-refractivity contribution < 1.29 is 9.90 Å². The maximum Gasteiger partial charge on any atom is 0.211 e. The smallest absolute Gasteiger partial charge is 0.211 e. The van der Waals surface area contributed by atoms with E-state index in [1.165, 1.54) is 11.8 Å². The molecule has 0 amide bonds. The third kappa shape index (κ3) is 6.52. The van der Waals surface area contributed by atoms with Crippen molar-refractivity contribution in [1.82, 2.24) is 0 Å². The molecule has 0 aliphatic rings. The second-order valence-electron chi connectivity index (χ2n) is 3.60. The predicted octanol–water partition coefficient (Wildman–Crippen LogP) is 2.79. The summed E-state index contributed by atoms with van der Waals surface area (Å²) in [5, 5.41) is 9.61. The van der Waals surface area contributed by atoms with Crippen molar-refractivity contribution in [1.29, 1.82) is 0 Å². The molecule has 0 fully saturated rings. The van der Waals surface area contributed by atoms with Gasteiger partial charge in [0.05, 0.1) is 6.10 Å². The van der Waals surface area contributed by atoms with Gasteiger partial charge >= 0.3 is 0 Å². The van der Waals surface area contributed by atoms with Crippen LogP contribution in [0.3, 0.4) is 0 Å². The summed E-state index contributed by atoms with van der Waals surface area (Å²) in [5.74, 6) is 0.129. The molecule has 0 aliphatic heterocycles. The topological polar surface area (TPSA) is 37.3 Å². The van der Waals surface area contributed by atoms with Gasteiger partial charge in [0.25, 0.3) is 0 Å². The van der Waals surface area contributed by atoms with E-state index in [2.05, 4.69) is 0 Å². The molecule has 0 saturated heterocycles. The Bertz CT molecular complexity index is 256. The van der Waals surface area contributed by atoms with E-state index < -0.39 is 0 Å². The van der Waals surface area contributed by atoms with Crippen molar-refractivity contribution in [3.63, 3.8) is 0 Å². The monoisotopic (exact) mass is 228 g/mol. The lowest BCUT2D eigenvalue weighted by Gasteiger charge is -2.13. The first kappa shape index (κ1) is 14.5. The van der Waals surface area contributed by atoms with Crippen LogP contribution in [0.25, 0.3) is 0 Å². The number of hydrogen-bond acceptors (Lipinski definition) is 3. The molecule has 0 bridgehead atoms. The molecule has 0 spiro atoms. The molecule has 1 N–H and O–H groups in total. The summed E-state index contributed by atoms with van der Waals surface area (Å²) in [7, 11) is 0. The lowest BCUT2D eigenvalue weighted by Crippen LogP contribution is -2.14. The maximum absolute atomic E-state index is 11.0. The van der Waals surface area contributed by atoms with Crippen LogP contribution in [0.2, 0.25) is 0 Å². The molecule has 86 valence electrons. The van der Waals surface area contributed by atoms with Crippen LogP contribution >= 0.6 is 11.8 Å². The first-order chi connectivity index (χ1) is 7.01. The number of carbonyl (C=O) groups is 1.